The molecule has 0 radical (unpaired) electrons. The van der Waals surface area contributed by atoms with E-state index in [1.807, 2.05) is 6.92 Å². The van der Waals surface area contributed by atoms with E-state index in [1.54, 1.807) is 35.1 Å². The third-order valence-corrected chi connectivity index (χ3v) is 5.92. The van der Waals surface area contributed by atoms with Crippen LogP contribution in [0.5, 0.6) is 0 Å². The minimum atomic E-state index is -4.80. The molecule has 0 aliphatic rings. The number of benzene rings is 2. The average Bonchev–Trinajstić information content (AvgIpc) is 3.70. The molecule has 200 valence electrons. The summed E-state index contributed by atoms with van der Waals surface area (Å²) >= 11 is 0. The molecule has 10 nitrogen and oxygen atoms in total. The van der Waals surface area contributed by atoms with E-state index in [-0.39, 0.29) is 17.9 Å². The predicted octanol–water partition coefficient (Wildman–Crippen LogP) is 4.64. The van der Waals surface area contributed by atoms with Gasteiger partial charge in [0.2, 0.25) is 11.6 Å². The molecule has 13 heteroatoms. The first-order chi connectivity index (χ1) is 18.8. The van der Waals surface area contributed by atoms with E-state index >= 15 is 0 Å². The van der Waals surface area contributed by atoms with Crippen LogP contribution in [0, 0.1) is 0 Å². The molecule has 1 unspecified atom stereocenters. The lowest BCUT2D eigenvalue weighted by Gasteiger charge is -2.12. The lowest BCUT2D eigenvalue weighted by molar-refractivity contribution is -0.137. The minimum Gasteiger partial charge on any atom is -0.378 e. The molecule has 0 aliphatic carbocycles. The topological polar surface area (TPSA) is 132 Å². The highest BCUT2D eigenvalue weighted by Gasteiger charge is 2.43. The molecule has 0 bridgehead atoms. The van der Waals surface area contributed by atoms with Crippen LogP contribution in [0.1, 0.15) is 29.8 Å². The summed E-state index contributed by atoms with van der Waals surface area (Å²) < 4.78 is 53.7. The summed E-state index contributed by atoms with van der Waals surface area (Å²) in [5.41, 5.74) is 0.158. The molecular weight excluding hydrogens is 517 g/mol. The number of carbonyl (C=O) groups is 1. The molecule has 1 atom stereocenters. The van der Waals surface area contributed by atoms with Crippen molar-refractivity contribution in [1.29, 1.82) is 0 Å². The van der Waals surface area contributed by atoms with Gasteiger partial charge in [-0.2, -0.15) is 23.3 Å². The molecular formula is C26H21F3N6O4. The lowest BCUT2D eigenvalue weighted by Crippen LogP contribution is -2.29. The van der Waals surface area contributed by atoms with Gasteiger partial charge in [-0.3, -0.25) is 9.48 Å². The first kappa shape index (κ1) is 25.9. The fourth-order valence-corrected chi connectivity index (χ4v) is 3.96. The number of amides is 1. The Morgan fingerprint density at radius 3 is 2.46 bits per heavy atom. The molecule has 0 saturated carbocycles. The van der Waals surface area contributed by atoms with Crippen LogP contribution >= 0.6 is 0 Å². The van der Waals surface area contributed by atoms with Crippen molar-refractivity contribution in [1.82, 2.24) is 30.4 Å². The highest BCUT2D eigenvalue weighted by Crippen LogP contribution is 2.43. The zero-order valence-corrected chi connectivity index (χ0v) is 20.4. The Morgan fingerprint density at radius 1 is 1.03 bits per heavy atom. The van der Waals surface area contributed by atoms with E-state index in [9.17, 15) is 23.1 Å². The van der Waals surface area contributed by atoms with Gasteiger partial charge >= 0.3 is 6.18 Å². The number of aromatic nitrogens is 5. The van der Waals surface area contributed by atoms with E-state index in [0.29, 0.717) is 17.7 Å². The van der Waals surface area contributed by atoms with Crippen LogP contribution in [-0.4, -0.2) is 36.1 Å². The van der Waals surface area contributed by atoms with Gasteiger partial charge in [0.05, 0.1) is 12.2 Å². The Labute approximate surface area is 219 Å². The summed E-state index contributed by atoms with van der Waals surface area (Å²) in [6.45, 7) is 2.76. The second-order valence-electron chi connectivity index (χ2n) is 8.40. The molecule has 5 rings (SSSR count). The minimum absolute atomic E-state index is 0.0193. The smallest absolute Gasteiger partial charge is 0.378 e. The van der Waals surface area contributed by atoms with Crippen molar-refractivity contribution in [3.63, 3.8) is 0 Å². The molecule has 39 heavy (non-hydrogen) atoms. The molecule has 3 heterocycles. The third-order valence-electron chi connectivity index (χ3n) is 5.92. The number of halogens is 3. The third kappa shape index (κ3) is 5.29. The molecule has 0 saturated heterocycles. The van der Waals surface area contributed by atoms with Gasteiger partial charge in [-0.05, 0) is 18.6 Å². The largest absolute Gasteiger partial charge is 0.422 e. The normalized spacial score (nSPS) is 12.4. The molecule has 1 amide bonds. The molecule has 5 aromatic rings. The maximum absolute atomic E-state index is 14.0. The summed E-state index contributed by atoms with van der Waals surface area (Å²) in [5, 5.41) is 24.6. The highest BCUT2D eigenvalue weighted by atomic mass is 19.4. The van der Waals surface area contributed by atoms with Gasteiger partial charge in [0.15, 0.2) is 6.10 Å². The van der Waals surface area contributed by atoms with Crippen molar-refractivity contribution in [2.45, 2.75) is 32.3 Å². The second kappa shape index (κ2) is 10.5. The number of rotatable bonds is 8. The fraction of sp³-hybridized carbons (Fsp3) is 0.192. The number of hydrogen-bond donors (Lipinski definition) is 2. The van der Waals surface area contributed by atoms with Gasteiger partial charge < -0.3 is 19.5 Å². The molecule has 2 N–H and O–H groups in total. The van der Waals surface area contributed by atoms with Gasteiger partial charge in [-0.15, -0.1) is 0 Å². The number of nitrogens with zero attached hydrogens (tertiary/aromatic N) is 5. The van der Waals surface area contributed by atoms with E-state index in [2.05, 4.69) is 25.7 Å². The predicted molar refractivity (Wildman–Crippen MR) is 130 cm³/mol. The van der Waals surface area contributed by atoms with Gasteiger partial charge in [0.1, 0.15) is 11.3 Å². The maximum Gasteiger partial charge on any atom is 0.422 e. The van der Waals surface area contributed by atoms with Gasteiger partial charge in [-0.25, -0.2) is 0 Å². The van der Waals surface area contributed by atoms with Gasteiger partial charge in [0.25, 0.3) is 11.8 Å². The Balaban J connectivity index is 1.33. The quantitative estimate of drug-likeness (QED) is 0.292. The van der Waals surface area contributed by atoms with Crippen molar-refractivity contribution in [2.24, 2.45) is 0 Å². The molecule has 0 fully saturated rings. The number of aryl methyl sites for hydroxylation is 1. The van der Waals surface area contributed by atoms with Crippen LogP contribution in [0.4, 0.5) is 13.2 Å². The summed E-state index contributed by atoms with van der Waals surface area (Å²) in [4.78, 5) is 16.5. The van der Waals surface area contributed by atoms with Crippen molar-refractivity contribution in [3.05, 3.63) is 83.7 Å². The van der Waals surface area contributed by atoms with Crippen molar-refractivity contribution in [2.75, 3.05) is 0 Å². The summed E-state index contributed by atoms with van der Waals surface area (Å²) in [6, 6.07) is 15.5. The first-order valence-corrected chi connectivity index (χ1v) is 11.8. The first-order valence-electron chi connectivity index (χ1n) is 11.8. The number of aliphatic hydroxyl groups is 1. The van der Waals surface area contributed by atoms with Crippen molar-refractivity contribution < 1.29 is 32.1 Å². The summed E-state index contributed by atoms with van der Waals surface area (Å²) in [5.74, 6) is -1.82. The van der Waals surface area contributed by atoms with Crippen LogP contribution in [0.3, 0.4) is 0 Å². The number of nitrogens with one attached hydrogen (secondary N) is 1. The Bertz CT molecular complexity index is 1580. The summed E-state index contributed by atoms with van der Waals surface area (Å²) in [7, 11) is 0. The molecule has 2 aromatic carbocycles. The van der Waals surface area contributed by atoms with E-state index in [0.717, 1.165) is 5.69 Å². The SMILES string of the molecule is CCn1nccc1CNC(=O)C(O)c1ccc(-c2noc(-c3onc(-c4ccccc4)c3C(F)(F)F)n2)cc1. The molecule has 0 aliphatic heterocycles. The Hall–Kier alpha value is -4.78. The van der Waals surface area contributed by atoms with Crippen molar-refractivity contribution >= 4 is 5.91 Å². The van der Waals surface area contributed by atoms with Crippen molar-refractivity contribution in [3.8, 4) is 34.3 Å². The van der Waals surface area contributed by atoms with Gasteiger partial charge in [-0.1, -0.05) is 64.9 Å². The fourth-order valence-electron chi connectivity index (χ4n) is 3.96. The average molecular weight is 538 g/mol. The Morgan fingerprint density at radius 2 is 1.77 bits per heavy atom. The van der Waals surface area contributed by atoms with Crippen LogP contribution in [0.2, 0.25) is 0 Å². The van der Waals surface area contributed by atoms with Crippen LogP contribution in [-0.2, 0) is 24.1 Å². The number of hydrogen-bond acceptors (Lipinski definition) is 8. The standard InChI is InChI=1S/C26H21F3N6O4/c1-2-35-18(12-13-31-35)14-30-24(37)21(36)16-8-10-17(11-9-16)23-32-25(39-34-23)22-19(26(27,28)29)20(33-38-22)15-6-4-3-5-7-15/h3-13,21,36H,2,14H2,1H3,(H,30,37). The number of carbonyl (C=O) groups excluding carboxylic acids is 1. The van der Waals surface area contributed by atoms with E-state index < -0.39 is 41.1 Å². The highest BCUT2D eigenvalue weighted by molar-refractivity contribution is 5.82. The number of alkyl halides is 3. The monoisotopic (exact) mass is 538 g/mol. The zero-order valence-electron chi connectivity index (χ0n) is 20.4. The van der Waals surface area contributed by atoms with Gasteiger partial charge in [0, 0.05) is 23.9 Å². The Kier molecular flexibility index (Phi) is 6.98. The zero-order chi connectivity index (χ0) is 27.6. The molecule has 3 aromatic heterocycles. The summed E-state index contributed by atoms with van der Waals surface area (Å²) in [6.07, 6.45) is -4.63. The van der Waals surface area contributed by atoms with Crippen LogP contribution in [0.15, 0.2) is 75.9 Å². The van der Waals surface area contributed by atoms with Crippen LogP contribution < -0.4 is 5.32 Å². The molecule has 0 spiro atoms. The maximum atomic E-state index is 14.0. The lowest BCUT2D eigenvalue weighted by atomic mass is 10.1. The second-order valence-corrected chi connectivity index (χ2v) is 8.40. The van der Waals surface area contributed by atoms with Crippen LogP contribution in [0.25, 0.3) is 34.3 Å². The van der Waals surface area contributed by atoms with E-state index in [4.69, 9.17) is 9.05 Å². The number of aliphatic hydroxyl groups excluding tert-OH is 1. The van der Waals surface area contributed by atoms with E-state index in [1.165, 1.54) is 36.4 Å².